The van der Waals surface area contributed by atoms with Crippen molar-refractivity contribution in [2.45, 2.75) is 39.2 Å². The largest absolute Gasteiger partial charge is 0.312 e. The van der Waals surface area contributed by atoms with Crippen LogP contribution < -0.4 is 5.32 Å². The first-order valence-corrected chi connectivity index (χ1v) is 6.69. The average molecular weight is 235 g/mol. The van der Waals surface area contributed by atoms with Crippen LogP contribution in [0.3, 0.4) is 0 Å². The molecule has 1 nitrogen and oxygen atoms in total. The maximum Gasteiger partial charge on any atom is 0.123 e. The fourth-order valence-corrected chi connectivity index (χ4v) is 2.56. The summed E-state index contributed by atoms with van der Waals surface area (Å²) in [5.41, 5.74) is 1.16. The van der Waals surface area contributed by atoms with E-state index in [0.29, 0.717) is 0 Å². The Labute approximate surface area is 103 Å². The molecule has 0 unspecified atom stereocenters. The van der Waals surface area contributed by atoms with Crippen molar-refractivity contribution in [1.29, 1.82) is 0 Å². The molecule has 1 saturated carbocycles. The van der Waals surface area contributed by atoms with E-state index >= 15 is 0 Å². The van der Waals surface area contributed by atoms with Crippen molar-refractivity contribution in [1.82, 2.24) is 5.32 Å². The topological polar surface area (TPSA) is 12.0 Å². The van der Waals surface area contributed by atoms with Gasteiger partial charge in [-0.1, -0.05) is 31.9 Å². The molecule has 1 aliphatic rings. The summed E-state index contributed by atoms with van der Waals surface area (Å²) in [6, 6.07) is 6.76. The van der Waals surface area contributed by atoms with Crippen molar-refractivity contribution >= 4 is 0 Å². The molecule has 0 saturated heterocycles. The summed E-state index contributed by atoms with van der Waals surface area (Å²) in [6.45, 7) is 4.30. The van der Waals surface area contributed by atoms with Gasteiger partial charge in [0.05, 0.1) is 0 Å². The van der Waals surface area contributed by atoms with Gasteiger partial charge >= 0.3 is 0 Å². The highest BCUT2D eigenvalue weighted by atomic mass is 19.1. The Morgan fingerprint density at radius 3 is 2.41 bits per heavy atom. The third kappa shape index (κ3) is 4.12. The van der Waals surface area contributed by atoms with Gasteiger partial charge in [0.2, 0.25) is 0 Å². The van der Waals surface area contributed by atoms with E-state index in [0.717, 1.165) is 30.5 Å². The first-order chi connectivity index (χ1) is 8.24. The Bertz CT molecular complexity index is 325. The number of rotatable bonds is 4. The number of benzene rings is 1. The molecule has 94 valence electrons. The smallest absolute Gasteiger partial charge is 0.123 e. The van der Waals surface area contributed by atoms with Gasteiger partial charge < -0.3 is 5.32 Å². The van der Waals surface area contributed by atoms with Crippen LogP contribution in [0.2, 0.25) is 0 Å². The van der Waals surface area contributed by atoms with Crippen molar-refractivity contribution < 1.29 is 4.39 Å². The minimum absolute atomic E-state index is 0.157. The molecule has 1 aliphatic carbocycles. The standard InChI is InChI=1S/C15H22FN/c1-12-2-4-13(5-3-12)10-17-11-14-6-8-15(16)9-7-14/h6-9,12-13,17H,2-5,10-11H2,1H3. The predicted octanol–water partition coefficient (Wildman–Crippen LogP) is 3.74. The molecule has 0 atom stereocenters. The second-order valence-corrected chi connectivity index (χ2v) is 5.38. The second kappa shape index (κ2) is 6.15. The Balaban J connectivity index is 1.67. The van der Waals surface area contributed by atoms with E-state index in [2.05, 4.69) is 12.2 Å². The van der Waals surface area contributed by atoms with Gasteiger partial charge in [-0.05, 0) is 48.9 Å². The summed E-state index contributed by atoms with van der Waals surface area (Å²) < 4.78 is 12.7. The lowest BCUT2D eigenvalue weighted by molar-refractivity contribution is 0.281. The van der Waals surface area contributed by atoms with Crippen LogP contribution in [0.1, 0.15) is 38.2 Å². The molecule has 17 heavy (non-hydrogen) atoms. The van der Waals surface area contributed by atoms with Crippen LogP contribution >= 0.6 is 0 Å². The molecule has 1 N–H and O–H groups in total. The van der Waals surface area contributed by atoms with E-state index < -0.39 is 0 Å². The van der Waals surface area contributed by atoms with Crippen LogP contribution in [0.15, 0.2) is 24.3 Å². The van der Waals surface area contributed by atoms with Gasteiger partial charge in [0.1, 0.15) is 5.82 Å². The van der Waals surface area contributed by atoms with Gasteiger partial charge in [0.15, 0.2) is 0 Å². The summed E-state index contributed by atoms with van der Waals surface area (Å²) in [7, 11) is 0. The van der Waals surface area contributed by atoms with Crippen LogP contribution in [0, 0.1) is 17.7 Å². The van der Waals surface area contributed by atoms with E-state index in [1.807, 2.05) is 12.1 Å². The zero-order chi connectivity index (χ0) is 12.1. The van der Waals surface area contributed by atoms with Gasteiger partial charge in [0.25, 0.3) is 0 Å². The maximum atomic E-state index is 12.7. The lowest BCUT2D eigenvalue weighted by Gasteiger charge is -2.26. The molecule has 1 aromatic carbocycles. The molecule has 1 aromatic rings. The zero-order valence-electron chi connectivity index (χ0n) is 10.6. The quantitative estimate of drug-likeness (QED) is 0.838. The zero-order valence-corrected chi connectivity index (χ0v) is 10.6. The normalized spacial score (nSPS) is 24.8. The first-order valence-electron chi connectivity index (χ1n) is 6.69. The van der Waals surface area contributed by atoms with Gasteiger partial charge in [-0.25, -0.2) is 4.39 Å². The molecule has 0 spiro atoms. The first kappa shape index (κ1) is 12.6. The predicted molar refractivity (Wildman–Crippen MR) is 69.2 cm³/mol. The van der Waals surface area contributed by atoms with Gasteiger partial charge in [-0.15, -0.1) is 0 Å². The summed E-state index contributed by atoms with van der Waals surface area (Å²) in [5.74, 6) is 1.60. The van der Waals surface area contributed by atoms with Crippen molar-refractivity contribution in [3.8, 4) is 0 Å². The molecule has 1 fully saturated rings. The Kier molecular flexibility index (Phi) is 4.55. The summed E-state index contributed by atoms with van der Waals surface area (Å²) in [4.78, 5) is 0. The number of halogens is 1. The van der Waals surface area contributed by atoms with Crippen LogP contribution in [0.4, 0.5) is 4.39 Å². The number of hydrogen-bond donors (Lipinski definition) is 1. The molecule has 0 amide bonds. The van der Waals surface area contributed by atoms with E-state index in [4.69, 9.17) is 0 Å². The van der Waals surface area contributed by atoms with E-state index in [-0.39, 0.29) is 5.82 Å². The summed E-state index contributed by atoms with van der Waals surface area (Å²) in [5, 5.41) is 3.48. The minimum Gasteiger partial charge on any atom is -0.312 e. The summed E-state index contributed by atoms with van der Waals surface area (Å²) in [6.07, 6.45) is 5.47. The summed E-state index contributed by atoms with van der Waals surface area (Å²) >= 11 is 0. The van der Waals surface area contributed by atoms with Crippen LogP contribution in [-0.4, -0.2) is 6.54 Å². The maximum absolute atomic E-state index is 12.7. The van der Waals surface area contributed by atoms with Crippen LogP contribution in [0.5, 0.6) is 0 Å². The molecule has 0 aliphatic heterocycles. The molecule has 2 heteroatoms. The highest BCUT2D eigenvalue weighted by Crippen LogP contribution is 2.27. The molecule has 2 rings (SSSR count). The Morgan fingerprint density at radius 2 is 1.76 bits per heavy atom. The molecular weight excluding hydrogens is 213 g/mol. The second-order valence-electron chi connectivity index (χ2n) is 5.38. The van der Waals surface area contributed by atoms with Gasteiger partial charge in [-0.3, -0.25) is 0 Å². The highest BCUT2D eigenvalue weighted by molar-refractivity contribution is 5.15. The molecule has 0 bridgehead atoms. The van der Waals surface area contributed by atoms with Crippen molar-refractivity contribution in [3.05, 3.63) is 35.6 Å². The molecule has 0 aromatic heterocycles. The van der Waals surface area contributed by atoms with Crippen molar-refractivity contribution in [2.75, 3.05) is 6.54 Å². The van der Waals surface area contributed by atoms with Crippen molar-refractivity contribution in [3.63, 3.8) is 0 Å². The SMILES string of the molecule is CC1CCC(CNCc2ccc(F)cc2)CC1. The van der Waals surface area contributed by atoms with Crippen molar-refractivity contribution in [2.24, 2.45) is 11.8 Å². The minimum atomic E-state index is -0.157. The van der Waals surface area contributed by atoms with Gasteiger partial charge in [0, 0.05) is 6.54 Å². The molecular formula is C15H22FN. The fraction of sp³-hybridized carbons (Fsp3) is 0.600. The third-order valence-corrected chi connectivity index (χ3v) is 3.81. The van der Waals surface area contributed by atoms with E-state index in [9.17, 15) is 4.39 Å². The molecule has 0 heterocycles. The Morgan fingerprint density at radius 1 is 1.12 bits per heavy atom. The highest BCUT2D eigenvalue weighted by Gasteiger charge is 2.17. The monoisotopic (exact) mass is 235 g/mol. The Hall–Kier alpha value is -0.890. The third-order valence-electron chi connectivity index (χ3n) is 3.81. The number of nitrogens with one attached hydrogen (secondary N) is 1. The van der Waals surface area contributed by atoms with Crippen LogP contribution in [0.25, 0.3) is 0 Å². The lowest BCUT2D eigenvalue weighted by atomic mass is 9.83. The van der Waals surface area contributed by atoms with E-state index in [1.165, 1.54) is 37.8 Å². The van der Waals surface area contributed by atoms with Gasteiger partial charge in [-0.2, -0.15) is 0 Å². The fourth-order valence-electron chi connectivity index (χ4n) is 2.56. The molecule has 0 radical (unpaired) electrons. The van der Waals surface area contributed by atoms with Crippen LogP contribution in [-0.2, 0) is 6.54 Å². The average Bonchev–Trinajstić information content (AvgIpc) is 2.34. The van der Waals surface area contributed by atoms with E-state index in [1.54, 1.807) is 0 Å². The lowest BCUT2D eigenvalue weighted by Crippen LogP contribution is -2.25. The number of hydrogen-bond acceptors (Lipinski definition) is 1.